The van der Waals surface area contributed by atoms with Crippen LogP contribution in [0, 0.1) is 17.2 Å². The molecule has 0 unspecified atom stereocenters. The van der Waals surface area contributed by atoms with E-state index in [0.29, 0.717) is 11.6 Å². The molecule has 1 aromatic heterocycles. The van der Waals surface area contributed by atoms with E-state index < -0.39 is 0 Å². The molecule has 0 amide bonds. The lowest BCUT2D eigenvalue weighted by atomic mass is 9.86. The number of methoxy groups -OCH3 is 1. The molecule has 0 spiro atoms. The number of ether oxygens (including phenoxy) is 1. The van der Waals surface area contributed by atoms with Crippen LogP contribution in [0.5, 0.6) is 0 Å². The van der Waals surface area contributed by atoms with Gasteiger partial charge in [0, 0.05) is 11.6 Å². The molecular formula is C19H20N4O2. The summed E-state index contributed by atoms with van der Waals surface area (Å²) >= 11 is 0. The molecule has 1 aromatic carbocycles. The molecule has 1 fully saturated rings. The summed E-state index contributed by atoms with van der Waals surface area (Å²) in [5.74, 6) is 0.650. The van der Waals surface area contributed by atoms with Crippen LogP contribution >= 0.6 is 0 Å². The lowest BCUT2D eigenvalue weighted by Gasteiger charge is -2.27. The highest BCUT2D eigenvalue weighted by Crippen LogP contribution is 2.27. The number of benzene rings is 1. The van der Waals surface area contributed by atoms with Crippen molar-refractivity contribution in [3.8, 4) is 17.3 Å². The number of nitrogens with one attached hydrogen (secondary N) is 1. The van der Waals surface area contributed by atoms with E-state index in [-0.39, 0.29) is 11.9 Å². The first kappa shape index (κ1) is 16.9. The van der Waals surface area contributed by atoms with Crippen LogP contribution in [0.1, 0.15) is 31.2 Å². The Hall–Kier alpha value is -2.94. The second-order valence-electron chi connectivity index (χ2n) is 6.21. The maximum absolute atomic E-state index is 11.6. The van der Waals surface area contributed by atoms with E-state index in [1.54, 1.807) is 12.1 Å². The second-order valence-corrected chi connectivity index (χ2v) is 6.21. The van der Waals surface area contributed by atoms with Gasteiger partial charge in [0.2, 0.25) is 0 Å². The van der Waals surface area contributed by atoms with Crippen LogP contribution in [0.2, 0.25) is 0 Å². The van der Waals surface area contributed by atoms with Crippen LogP contribution in [-0.4, -0.2) is 29.3 Å². The molecular weight excluding hydrogens is 316 g/mol. The monoisotopic (exact) mass is 336 g/mol. The molecule has 6 heteroatoms. The minimum Gasteiger partial charge on any atom is -0.469 e. The molecule has 1 heterocycles. The molecule has 0 aliphatic heterocycles. The lowest BCUT2D eigenvalue weighted by Crippen LogP contribution is -2.30. The van der Waals surface area contributed by atoms with Crippen molar-refractivity contribution in [2.24, 2.45) is 5.92 Å². The number of rotatable bonds is 4. The molecule has 6 nitrogen and oxygen atoms in total. The lowest BCUT2D eigenvalue weighted by molar-refractivity contribution is -0.146. The van der Waals surface area contributed by atoms with E-state index in [1.807, 2.05) is 24.3 Å². The van der Waals surface area contributed by atoms with Gasteiger partial charge in [0.05, 0.1) is 30.4 Å². The predicted octanol–water partition coefficient (Wildman–Crippen LogP) is 3.16. The standard InChI is InChI=1S/C19H20N4O2/c1-25-19(24)15-6-8-16(9-7-15)21-18-11-10-17(22-23-18)14-4-2-13(12-20)3-5-14/h2-5,10-11,15-16H,6-9H2,1H3,(H,21,23)/t15-,16-. The normalized spacial score (nSPS) is 19.7. The Labute approximate surface area is 146 Å². The highest BCUT2D eigenvalue weighted by Gasteiger charge is 2.26. The molecule has 128 valence electrons. The smallest absolute Gasteiger partial charge is 0.308 e. The van der Waals surface area contributed by atoms with Crippen molar-refractivity contribution in [2.45, 2.75) is 31.7 Å². The highest BCUT2D eigenvalue weighted by atomic mass is 16.5. The number of carbonyl (C=O) groups excluding carboxylic acids is 1. The van der Waals surface area contributed by atoms with Crippen molar-refractivity contribution in [3.63, 3.8) is 0 Å². The summed E-state index contributed by atoms with van der Waals surface area (Å²) in [4.78, 5) is 11.6. The van der Waals surface area contributed by atoms with Crippen LogP contribution in [0.4, 0.5) is 5.82 Å². The number of esters is 1. The first-order chi connectivity index (χ1) is 12.2. The van der Waals surface area contributed by atoms with Crippen molar-refractivity contribution < 1.29 is 9.53 Å². The maximum Gasteiger partial charge on any atom is 0.308 e. The van der Waals surface area contributed by atoms with Gasteiger partial charge >= 0.3 is 5.97 Å². The fourth-order valence-electron chi connectivity index (χ4n) is 3.13. The van der Waals surface area contributed by atoms with Gasteiger partial charge in [-0.2, -0.15) is 5.26 Å². The zero-order chi connectivity index (χ0) is 17.6. The topological polar surface area (TPSA) is 87.9 Å². The Balaban J connectivity index is 1.58. The van der Waals surface area contributed by atoms with Gasteiger partial charge in [-0.3, -0.25) is 4.79 Å². The molecule has 3 rings (SSSR count). The zero-order valence-electron chi connectivity index (χ0n) is 14.1. The first-order valence-corrected chi connectivity index (χ1v) is 8.38. The molecule has 2 aromatic rings. The van der Waals surface area contributed by atoms with Crippen molar-refractivity contribution >= 4 is 11.8 Å². The van der Waals surface area contributed by atoms with Crippen molar-refractivity contribution in [1.29, 1.82) is 5.26 Å². The summed E-state index contributed by atoms with van der Waals surface area (Å²) in [7, 11) is 1.44. The third-order valence-corrected chi connectivity index (χ3v) is 4.59. The van der Waals surface area contributed by atoms with Crippen molar-refractivity contribution in [1.82, 2.24) is 10.2 Å². The summed E-state index contributed by atoms with van der Waals surface area (Å²) in [5, 5.41) is 20.7. The van der Waals surface area contributed by atoms with Crippen LogP contribution in [0.3, 0.4) is 0 Å². The molecule has 0 radical (unpaired) electrons. The molecule has 1 N–H and O–H groups in total. The van der Waals surface area contributed by atoms with E-state index in [2.05, 4.69) is 21.6 Å². The molecule has 0 saturated heterocycles. The summed E-state index contributed by atoms with van der Waals surface area (Å²) in [6, 6.07) is 13.5. The number of nitrogens with zero attached hydrogens (tertiary/aromatic N) is 3. The number of hydrogen-bond donors (Lipinski definition) is 1. The average Bonchev–Trinajstić information content (AvgIpc) is 2.68. The molecule has 1 aliphatic rings. The minimum atomic E-state index is -0.106. The maximum atomic E-state index is 11.6. The van der Waals surface area contributed by atoms with Crippen LogP contribution in [0.15, 0.2) is 36.4 Å². The summed E-state index contributed by atoms with van der Waals surface area (Å²) in [6.07, 6.45) is 3.50. The van der Waals surface area contributed by atoms with Gasteiger partial charge in [0.1, 0.15) is 5.82 Å². The number of nitriles is 1. The Morgan fingerprint density at radius 1 is 1.12 bits per heavy atom. The van der Waals surface area contributed by atoms with Gasteiger partial charge in [-0.25, -0.2) is 0 Å². The van der Waals surface area contributed by atoms with E-state index in [1.165, 1.54) is 7.11 Å². The Kier molecular flexibility index (Phi) is 5.24. The average molecular weight is 336 g/mol. The van der Waals surface area contributed by atoms with Gasteiger partial charge in [0.15, 0.2) is 0 Å². The fourth-order valence-corrected chi connectivity index (χ4v) is 3.13. The Bertz CT molecular complexity index is 758. The molecule has 1 aliphatic carbocycles. The SMILES string of the molecule is COC(=O)[C@H]1CC[C@H](Nc2ccc(-c3ccc(C#N)cc3)nn2)CC1. The zero-order valence-corrected chi connectivity index (χ0v) is 14.1. The van der Waals surface area contributed by atoms with Crippen LogP contribution in [-0.2, 0) is 9.53 Å². The van der Waals surface area contributed by atoms with E-state index >= 15 is 0 Å². The first-order valence-electron chi connectivity index (χ1n) is 8.38. The van der Waals surface area contributed by atoms with Gasteiger partial charge in [-0.1, -0.05) is 12.1 Å². The third kappa shape index (κ3) is 4.13. The Morgan fingerprint density at radius 3 is 2.40 bits per heavy atom. The molecule has 1 saturated carbocycles. The number of aromatic nitrogens is 2. The van der Waals surface area contributed by atoms with Crippen LogP contribution in [0.25, 0.3) is 11.3 Å². The van der Waals surface area contributed by atoms with Crippen LogP contribution < -0.4 is 5.32 Å². The predicted molar refractivity (Wildman–Crippen MR) is 93.6 cm³/mol. The van der Waals surface area contributed by atoms with Crippen molar-refractivity contribution in [2.75, 3.05) is 12.4 Å². The largest absolute Gasteiger partial charge is 0.469 e. The summed E-state index contributed by atoms with van der Waals surface area (Å²) < 4.78 is 4.81. The van der Waals surface area contributed by atoms with Crippen molar-refractivity contribution in [3.05, 3.63) is 42.0 Å². The minimum absolute atomic E-state index is 0.0212. The highest BCUT2D eigenvalue weighted by molar-refractivity contribution is 5.72. The molecule has 0 atom stereocenters. The van der Waals surface area contributed by atoms with Gasteiger partial charge < -0.3 is 10.1 Å². The number of hydrogen-bond acceptors (Lipinski definition) is 6. The van der Waals surface area contributed by atoms with E-state index in [0.717, 1.165) is 42.8 Å². The van der Waals surface area contributed by atoms with E-state index in [9.17, 15) is 4.79 Å². The fraction of sp³-hybridized carbons (Fsp3) is 0.368. The summed E-state index contributed by atoms with van der Waals surface area (Å²) in [5.41, 5.74) is 2.32. The molecule has 0 bridgehead atoms. The third-order valence-electron chi connectivity index (χ3n) is 4.59. The second kappa shape index (κ2) is 7.75. The Morgan fingerprint density at radius 2 is 1.84 bits per heavy atom. The molecule has 25 heavy (non-hydrogen) atoms. The van der Waals surface area contributed by atoms with Gasteiger partial charge in [-0.15, -0.1) is 10.2 Å². The van der Waals surface area contributed by atoms with Gasteiger partial charge in [-0.05, 0) is 49.9 Å². The number of anilines is 1. The van der Waals surface area contributed by atoms with Gasteiger partial charge in [0.25, 0.3) is 0 Å². The van der Waals surface area contributed by atoms with E-state index in [4.69, 9.17) is 10.00 Å². The summed E-state index contributed by atoms with van der Waals surface area (Å²) in [6.45, 7) is 0. The quantitative estimate of drug-likeness (QED) is 0.863. The number of carbonyl (C=O) groups is 1.